The van der Waals surface area contributed by atoms with Crippen molar-refractivity contribution in [3.05, 3.63) is 65.5 Å². The minimum Gasteiger partial charge on any atom is -0.349 e. The quantitative estimate of drug-likeness (QED) is 0.723. The second-order valence-electron chi connectivity index (χ2n) is 8.52. The summed E-state index contributed by atoms with van der Waals surface area (Å²) in [5.74, 6) is -1.33. The van der Waals surface area contributed by atoms with Gasteiger partial charge in [0.15, 0.2) is 0 Å². The van der Waals surface area contributed by atoms with Crippen molar-refractivity contribution < 1.29 is 22.4 Å². The van der Waals surface area contributed by atoms with Gasteiger partial charge >= 0.3 is 0 Å². The first-order valence-corrected chi connectivity index (χ1v) is 12.7. The fourth-order valence-corrected chi connectivity index (χ4v) is 5.95. The zero-order chi connectivity index (χ0) is 23.4. The minimum atomic E-state index is -3.99. The molecular formula is C24H28FN3O4S. The summed E-state index contributed by atoms with van der Waals surface area (Å²) in [6, 6.07) is 12.4. The monoisotopic (exact) mass is 473 g/mol. The number of piperidine rings is 2. The molecule has 0 atom stereocenters. The summed E-state index contributed by atoms with van der Waals surface area (Å²) in [6.45, 7) is 1.57. The topological polar surface area (TPSA) is 86.8 Å². The molecule has 0 radical (unpaired) electrons. The summed E-state index contributed by atoms with van der Waals surface area (Å²) >= 11 is 0. The molecule has 0 aliphatic carbocycles. The Hall–Kier alpha value is -2.78. The van der Waals surface area contributed by atoms with Crippen molar-refractivity contribution in [2.75, 3.05) is 26.2 Å². The van der Waals surface area contributed by atoms with E-state index in [1.807, 2.05) is 6.07 Å². The zero-order valence-corrected chi connectivity index (χ0v) is 19.2. The van der Waals surface area contributed by atoms with Crippen LogP contribution in [0.5, 0.6) is 0 Å². The van der Waals surface area contributed by atoms with Gasteiger partial charge in [0, 0.05) is 43.3 Å². The number of benzene rings is 2. The maximum absolute atomic E-state index is 14.5. The molecule has 7 nitrogen and oxygen atoms in total. The summed E-state index contributed by atoms with van der Waals surface area (Å²) < 4.78 is 41.6. The van der Waals surface area contributed by atoms with E-state index < -0.39 is 20.7 Å². The van der Waals surface area contributed by atoms with E-state index in [1.54, 1.807) is 29.2 Å². The molecule has 9 heteroatoms. The lowest BCUT2D eigenvalue weighted by Gasteiger charge is -2.32. The third kappa shape index (κ3) is 5.25. The van der Waals surface area contributed by atoms with Crippen molar-refractivity contribution in [3.8, 4) is 0 Å². The van der Waals surface area contributed by atoms with E-state index in [9.17, 15) is 22.4 Å². The molecule has 2 amide bonds. The predicted molar refractivity (Wildman–Crippen MR) is 122 cm³/mol. The highest BCUT2D eigenvalue weighted by atomic mass is 32.2. The van der Waals surface area contributed by atoms with Crippen LogP contribution in [0, 0.1) is 5.82 Å². The number of nitrogens with one attached hydrogen (secondary N) is 1. The maximum Gasteiger partial charge on any atom is 0.253 e. The zero-order valence-electron chi connectivity index (χ0n) is 18.4. The van der Waals surface area contributed by atoms with Gasteiger partial charge in [0.25, 0.3) is 11.8 Å². The van der Waals surface area contributed by atoms with E-state index in [0.717, 1.165) is 31.4 Å². The highest BCUT2D eigenvalue weighted by Gasteiger charge is 2.31. The highest BCUT2D eigenvalue weighted by Crippen LogP contribution is 2.25. The Balaban J connectivity index is 1.41. The smallest absolute Gasteiger partial charge is 0.253 e. The number of hydrogen-bond acceptors (Lipinski definition) is 4. The Morgan fingerprint density at radius 2 is 1.55 bits per heavy atom. The summed E-state index contributed by atoms with van der Waals surface area (Å²) in [6.07, 6.45) is 3.62. The SMILES string of the molecule is O=C(NC1CCN(C(=O)c2ccc(F)c(S(=O)(=O)N3CCCCC3)c2)CC1)c1ccccc1. The standard InChI is InChI=1S/C24H28FN3O4S/c25-21-10-9-19(17-22(21)33(31,32)28-13-5-2-6-14-28)24(30)27-15-11-20(12-16-27)26-23(29)18-7-3-1-4-8-18/h1,3-4,7-10,17,20H,2,5-6,11-16H2,(H,26,29). The van der Waals surface area contributed by atoms with Crippen molar-refractivity contribution in [3.63, 3.8) is 0 Å². The van der Waals surface area contributed by atoms with Crippen molar-refractivity contribution in [1.82, 2.24) is 14.5 Å². The minimum absolute atomic E-state index is 0.0509. The summed E-state index contributed by atoms with van der Waals surface area (Å²) in [5, 5.41) is 3.00. The van der Waals surface area contributed by atoms with Gasteiger partial charge in [-0.05, 0) is 56.0 Å². The molecule has 1 N–H and O–H groups in total. The average Bonchev–Trinajstić information content (AvgIpc) is 2.85. The molecule has 0 spiro atoms. The number of halogens is 1. The molecule has 0 bridgehead atoms. The number of likely N-dealkylation sites (tertiary alicyclic amines) is 1. The van der Waals surface area contributed by atoms with Crippen LogP contribution >= 0.6 is 0 Å². The first-order valence-electron chi connectivity index (χ1n) is 11.3. The molecule has 2 aliphatic heterocycles. The van der Waals surface area contributed by atoms with Crippen molar-refractivity contribution in [2.45, 2.75) is 43.0 Å². The van der Waals surface area contributed by atoms with Gasteiger partial charge in [-0.25, -0.2) is 12.8 Å². The Morgan fingerprint density at radius 3 is 2.21 bits per heavy atom. The van der Waals surface area contributed by atoms with E-state index in [-0.39, 0.29) is 23.4 Å². The molecule has 2 aromatic carbocycles. The second-order valence-corrected chi connectivity index (χ2v) is 10.4. The van der Waals surface area contributed by atoms with Crippen molar-refractivity contribution >= 4 is 21.8 Å². The van der Waals surface area contributed by atoms with Crippen LogP contribution in [0.25, 0.3) is 0 Å². The number of nitrogens with zero attached hydrogens (tertiary/aromatic N) is 2. The second kappa shape index (κ2) is 10.0. The molecule has 0 aromatic heterocycles. The number of carbonyl (C=O) groups is 2. The Kier molecular flexibility index (Phi) is 7.09. The number of sulfonamides is 1. The van der Waals surface area contributed by atoms with Crippen molar-refractivity contribution in [1.29, 1.82) is 0 Å². The third-order valence-electron chi connectivity index (χ3n) is 6.26. The molecule has 33 heavy (non-hydrogen) atoms. The van der Waals surface area contributed by atoms with Crippen LogP contribution in [-0.2, 0) is 10.0 Å². The van der Waals surface area contributed by atoms with Crippen LogP contribution in [0.1, 0.15) is 52.8 Å². The van der Waals surface area contributed by atoms with Gasteiger partial charge in [0.1, 0.15) is 10.7 Å². The van der Waals surface area contributed by atoms with Gasteiger partial charge in [-0.1, -0.05) is 24.6 Å². The highest BCUT2D eigenvalue weighted by molar-refractivity contribution is 7.89. The number of amides is 2. The van der Waals surface area contributed by atoms with E-state index in [4.69, 9.17) is 0 Å². The van der Waals surface area contributed by atoms with Gasteiger partial charge in [-0.2, -0.15) is 4.31 Å². The van der Waals surface area contributed by atoms with Crippen LogP contribution in [0.15, 0.2) is 53.4 Å². The largest absolute Gasteiger partial charge is 0.349 e. The molecule has 2 heterocycles. The molecule has 2 aromatic rings. The van der Waals surface area contributed by atoms with Crippen LogP contribution < -0.4 is 5.32 Å². The molecular weight excluding hydrogens is 445 g/mol. The lowest BCUT2D eigenvalue weighted by Crippen LogP contribution is -2.46. The van der Waals surface area contributed by atoms with Crippen LogP contribution in [-0.4, -0.2) is 61.7 Å². The van der Waals surface area contributed by atoms with Crippen LogP contribution in [0.4, 0.5) is 4.39 Å². The number of hydrogen-bond donors (Lipinski definition) is 1. The molecule has 2 fully saturated rings. The van der Waals surface area contributed by atoms with Crippen molar-refractivity contribution in [2.24, 2.45) is 0 Å². The molecule has 0 unspecified atom stereocenters. The number of carbonyl (C=O) groups excluding carboxylic acids is 2. The fraction of sp³-hybridized carbons (Fsp3) is 0.417. The lowest BCUT2D eigenvalue weighted by molar-refractivity contribution is 0.0697. The molecule has 2 aliphatic rings. The lowest BCUT2D eigenvalue weighted by atomic mass is 10.0. The molecule has 176 valence electrons. The van der Waals surface area contributed by atoms with Gasteiger partial charge < -0.3 is 10.2 Å². The summed E-state index contributed by atoms with van der Waals surface area (Å²) in [4.78, 5) is 26.6. The summed E-state index contributed by atoms with van der Waals surface area (Å²) in [7, 11) is -3.99. The Bertz CT molecular complexity index is 1110. The van der Waals surface area contributed by atoms with E-state index in [2.05, 4.69) is 5.32 Å². The van der Waals surface area contributed by atoms with E-state index in [1.165, 1.54) is 10.4 Å². The maximum atomic E-state index is 14.5. The van der Waals surface area contributed by atoms with Gasteiger partial charge in [-0.3, -0.25) is 9.59 Å². The van der Waals surface area contributed by atoms with Gasteiger partial charge in [0.05, 0.1) is 0 Å². The van der Waals surface area contributed by atoms with E-state index >= 15 is 0 Å². The summed E-state index contributed by atoms with van der Waals surface area (Å²) in [5.41, 5.74) is 0.739. The van der Waals surface area contributed by atoms with Crippen LogP contribution in [0.3, 0.4) is 0 Å². The average molecular weight is 474 g/mol. The third-order valence-corrected chi connectivity index (χ3v) is 8.18. The van der Waals surface area contributed by atoms with Gasteiger partial charge in [-0.15, -0.1) is 0 Å². The Morgan fingerprint density at radius 1 is 0.879 bits per heavy atom. The molecule has 0 saturated carbocycles. The van der Waals surface area contributed by atoms with Gasteiger partial charge in [0.2, 0.25) is 10.0 Å². The first-order chi connectivity index (χ1) is 15.9. The Labute approximate surface area is 193 Å². The van der Waals surface area contributed by atoms with Crippen LogP contribution in [0.2, 0.25) is 0 Å². The number of rotatable bonds is 5. The van der Waals surface area contributed by atoms with E-state index in [0.29, 0.717) is 44.6 Å². The first kappa shape index (κ1) is 23.4. The molecule has 2 saturated heterocycles. The fourth-order valence-electron chi connectivity index (χ4n) is 4.35. The predicted octanol–water partition coefficient (Wildman–Crippen LogP) is 3.03. The molecule has 4 rings (SSSR count). The normalized spacial score (nSPS) is 18.2.